The molecule has 1 aromatic carbocycles. The summed E-state index contributed by atoms with van der Waals surface area (Å²) in [6.45, 7) is 2.29. The monoisotopic (exact) mass is 244 g/mol. The molecule has 0 N–H and O–H groups in total. The van der Waals surface area contributed by atoms with Gasteiger partial charge in [-0.25, -0.2) is 0 Å². The van der Waals surface area contributed by atoms with Crippen LogP contribution in [0, 0.1) is 5.92 Å². The van der Waals surface area contributed by atoms with Crippen LogP contribution >= 0.6 is 0 Å². The second kappa shape index (κ2) is 4.48. The SMILES string of the molecule is C[C@H]1CCC/C(=C\c2ccc3c(c2)OCO3)C1=O. The number of ether oxygens (including phenoxy) is 2. The average molecular weight is 244 g/mol. The van der Waals surface area contributed by atoms with E-state index >= 15 is 0 Å². The van der Waals surface area contributed by atoms with E-state index in [1.807, 2.05) is 31.2 Å². The van der Waals surface area contributed by atoms with E-state index in [0.29, 0.717) is 5.78 Å². The fourth-order valence-electron chi connectivity index (χ4n) is 2.52. The van der Waals surface area contributed by atoms with Crippen molar-refractivity contribution in [2.75, 3.05) is 6.79 Å². The topological polar surface area (TPSA) is 35.5 Å². The van der Waals surface area contributed by atoms with Crippen LogP contribution in [-0.4, -0.2) is 12.6 Å². The lowest BCUT2D eigenvalue weighted by Gasteiger charge is -2.19. The van der Waals surface area contributed by atoms with Gasteiger partial charge in [-0.2, -0.15) is 0 Å². The standard InChI is InChI=1S/C15H16O3/c1-10-3-2-4-12(15(10)16)7-11-5-6-13-14(8-11)18-9-17-13/h5-8,10H,2-4,9H2,1H3/b12-7+/t10-/m0/s1. The van der Waals surface area contributed by atoms with Crippen molar-refractivity contribution in [3.63, 3.8) is 0 Å². The fraction of sp³-hybridized carbons (Fsp3) is 0.400. The minimum Gasteiger partial charge on any atom is -0.454 e. The molecule has 3 nitrogen and oxygen atoms in total. The van der Waals surface area contributed by atoms with Crippen LogP contribution in [0.25, 0.3) is 6.08 Å². The summed E-state index contributed by atoms with van der Waals surface area (Å²) in [5, 5.41) is 0. The summed E-state index contributed by atoms with van der Waals surface area (Å²) in [7, 11) is 0. The number of benzene rings is 1. The van der Waals surface area contributed by atoms with Gasteiger partial charge >= 0.3 is 0 Å². The largest absolute Gasteiger partial charge is 0.454 e. The molecule has 1 aromatic rings. The normalized spacial score (nSPS) is 24.6. The van der Waals surface area contributed by atoms with Gasteiger partial charge in [0.25, 0.3) is 0 Å². The van der Waals surface area contributed by atoms with Gasteiger partial charge in [-0.1, -0.05) is 13.0 Å². The molecule has 1 heterocycles. The number of fused-ring (bicyclic) bond motifs is 1. The highest BCUT2D eigenvalue weighted by Gasteiger charge is 2.22. The van der Waals surface area contributed by atoms with Gasteiger partial charge < -0.3 is 9.47 Å². The molecule has 0 saturated heterocycles. The lowest BCUT2D eigenvalue weighted by atomic mass is 9.84. The number of hydrogen-bond acceptors (Lipinski definition) is 3. The van der Waals surface area contributed by atoms with Gasteiger partial charge in [-0.05, 0) is 48.6 Å². The van der Waals surface area contributed by atoms with Gasteiger partial charge in [-0.15, -0.1) is 0 Å². The Morgan fingerprint density at radius 1 is 1.28 bits per heavy atom. The summed E-state index contributed by atoms with van der Waals surface area (Å²) < 4.78 is 10.6. The van der Waals surface area contributed by atoms with E-state index in [1.54, 1.807) is 0 Å². The second-order valence-electron chi connectivity index (χ2n) is 4.94. The van der Waals surface area contributed by atoms with Gasteiger partial charge in [0.05, 0.1) is 0 Å². The maximum absolute atomic E-state index is 12.0. The summed E-state index contributed by atoms with van der Waals surface area (Å²) in [5.41, 5.74) is 1.95. The minimum atomic E-state index is 0.166. The van der Waals surface area contributed by atoms with Crippen LogP contribution in [0.4, 0.5) is 0 Å². The predicted octanol–water partition coefficient (Wildman–Crippen LogP) is 3.19. The summed E-state index contributed by atoms with van der Waals surface area (Å²) >= 11 is 0. The van der Waals surface area contributed by atoms with E-state index in [1.165, 1.54) is 0 Å². The summed E-state index contributed by atoms with van der Waals surface area (Å²) in [5.74, 6) is 2.00. The second-order valence-corrected chi connectivity index (χ2v) is 4.94. The van der Waals surface area contributed by atoms with Crippen LogP contribution in [0.2, 0.25) is 0 Å². The van der Waals surface area contributed by atoms with Crippen LogP contribution < -0.4 is 9.47 Å². The molecule has 3 heteroatoms. The molecule has 0 bridgehead atoms. The Morgan fingerprint density at radius 3 is 3.00 bits per heavy atom. The number of rotatable bonds is 1. The molecule has 2 aliphatic rings. The van der Waals surface area contributed by atoms with E-state index in [0.717, 1.165) is 41.9 Å². The quantitative estimate of drug-likeness (QED) is 0.712. The maximum atomic E-state index is 12.0. The van der Waals surface area contributed by atoms with Crippen LogP contribution in [0.15, 0.2) is 23.8 Å². The molecule has 1 saturated carbocycles. The smallest absolute Gasteiger partial charge is 0.231 e. The zero-order valence-corrected chi connectivity index (χ0v) is 10.4. The van der Waals surface area contributed by atoms with E-state index in [4.69, 9.17) is 9.47 Å². The van der Waals surface area contributed by atoms with Gasteiger partial charge in [-0.3, -0.25) is 4.79 Å². The molecule has 1 fully saturated rings. The summed E-state index contributed by atoms with van der Waals surface area (Å²) in [6, 6.07) is 5.79. The van der Waals surface area contributed by atoms with Crippen molar-refractivity contribution in [3.8, 4) is 11.5 Å². The van der Waals surface area contributed by atoms with Gasteiger partial charge in [0.15, 0.2) is 17.3 Å². The molecule has 18 heavy (non-hydrogen) atoms. The Kier molecular flexibility index (Phi) is 2.82. The van der Waals surface area contributed by atoms with Crippen molar-refractivity contribution in [1.29, 1.82) is 0 Å². The molecular formula is C15H16O3. The number of carbonyl (C=O) groups excluding carboxylic acids is 1. The first-order chi connectivity index (χ1) is 8.74. The highest BCUT2D eigenvalue weighted by molar-refractivity contribution is 6.01. The molecule has 0 radical (unpaired) electrons. The molecule has 1 aliphatic carbocycles. The molecule has 0 aromatic heterocycles. The Bertz CT molecular complexity index is 516. The van der Waals surface area contributed by atoms with Crippen LogP contribution in [0.3, 0.4) is 0 Å². The summed E-state index contributed by atoms with van der Waals surface area (Å²) in [6.07, 6.45) is 4.98. The van der Waals surface area contributed by atoms with Crippen molar-refractivity contribution in [3.05, 3.63) is 29.3 Å². The van der Waals surface area contributed by atoms with Crippen LogP contribution in [0.5, 0.6) is 11.5 Å². The third kappa shape index (κ3) is 2.01. The van der Waals surface area contributed by atoms with Crippen molar-refractivity contribution in [1.82, 2.24) is 0 Å². The number of hydrogen-bond donors (Lipinski definition) is 0. The fourth-order valence-corrected chi connectivity index (χ4v) is 2.52. The van der Waals surface area contributed by atoms with E-state index < -0.39 is 0 Å². The zero-order chi connectivity index (χ0) is 12.5. The molecular weight excluding hydrogens is 228 g/mol. The maximum Gasteiger partial charge on any atom is 0.231 e. The van der Waals surface area contributed by atoms with Gasteiger partial charge in [0.1, 0.15) is 0 Å². The Balaban J connectivity index is 1.89. The van der Waals surface area contributed by atoms with Crippen molar-refractivity contribution < 1.29 is 14.3 Å². The third-order valence-corrected chi connectivity index (χ3v) is 3.58. The minimum absolute atomic E-state index is 0.166. The van der Waals surface area contributed by atoms with Gasteiger partial charge in [0, 0.05) is 5.92 Å². The van der Waals surface area contributed by atoms with Crippen molar-refractivity contribution in [2.24, 2.45) is 5.92 Å². The van der Waals surface area contributed by atoms with E-state index in [2.05, 4.69) is 0 Å². The first-order valence-corrected chi connectivity index (χ1v) is 6.38. The molecule has 0 spiro atoms. The highest BCUT2D eigenvalue weighted by atomic mass is 16.7. The number of Topliss-reactive ketones (excluding diaryl/α,β-unsaturated/α-hetero) is 1. The third-order valence-electron chi connectivity index (χ3n) is 3.58. The highest BCUT2D eigenvalue weighted by Crippen LogP contribution is 2.34. The van der Waals surface area contributed by atoms with E-state index in [-0.39, 0.29) is 12.7 Å². The lowest BCUT2D eigenvalue weighted by Crippen LogP contribution is -2.18. The Labute approximate surface area is 106 Å². The Hall–Kier alpha value is -1.77. The predicted molar refractivity (Wildman–Crippen MR) is 68.6 cm³/mol. The molecule has 3 rings (SSSR count). The lowest BCUT2D eigenvalue weighted by molar-refractivity contribution is -0.119. The Morgan fingerprint density at radius 2 is 2.11 bits per heavy atom. The van der Waals surface area contributed by atoms with Crippen LogP contribution in [-0.2, 0) is 4.79 Å². The zero-order valence-electron chi connectivity index (χ0n) is 10.4. The number of ketones is 1. The van der Waals surface area contributed by atoms with Gasteiger partial charge in [0.2, 0.25) is 6.79 Å². The average Bonchev–Trinajstić information content (AvgIpc) is 2.82. The molecule has 0 amide bonds. The van der Waals surface area contributed by atoms with Crippen LogP contribution in [0.1, 0.15) is 31.7 Å². The number of allylic oxidation sites excluding steroid dienone is 1. The first-order valence-electron chi connectivity index (χ1n) is 6.38. The molecule has 1 atom stereocenters. The van der Waals surface area contributed by atoms with Crippen molar-refractivity contribution >= 4 is 11.9 Å². The molecule has 1 aliphatic heterocycles. The summed E-state index contributed by atoms with van der Waals surface area (Å²) in [4.78, 5) is 12.0. The molecule has 0 unspecified atom stereocenters. The van der Waals surface area contributed by atoms with E-state index in [9.17, 15) is 4.79 Å². The molecule has 94 valence electrons. The first kappa shape index (κ1) is 11.3. The number of carbonyl (C=O) groups is 1. The van der Waals surface area contributed by atoms with Crippen molar-refractivity contribution in [2.45, 2.75) is 26.2 Å².